The average Bonchev–Trinajstić information content (AvgIpc) is 2.03. The summed E-state index contributed by atoms with van der Waals surface area (Å²) in [6, 6.07) is 0.380. The van der Waals surface area contributed by atoms with Gasteiger partial charge in [-0.25, -0.2) is 0 Å². The van der Waals surface area contributed by atoms with Gasteiger partial charge in [0.25, 0.3) is 0 Å². The second-order valence-electron chi connectivity index (χ2n) is 3.77. The fourth-order valence-corrected chi connectivity index (χ4v) is 1.47. The van der Waals surface area contributed by atoms with Crippen molar-refractivity contribution in [3.8, 4) is 0 Å². The van der Waals surface area contributed by atoms with Gasteiger partial charge in [-0.1, -0.05) is 6.58 Å². The van der Waals surface area contributed by atoms with E-state index >= 15 is 0 Å². The largest absolute Gasteiger partial charge is 0.383 e. The summed E-state index contributed by atoms with van der Waals surface area (Å²) in [5.41, 5.74) is 1.98. The van der Waals surface area contributed by atoms with E-state index in [-0.39, 0.29) is 5.78 Å². The summed E-state index contributed by atoms with van der Waals surface area (Å²) in [4.78, 5) is 11.1. The molecular formula is C11H17NO. The SMILES string of the molecule is C=C(NC(C)C)C1=CC(=O)CCC1. The lowest BCUT2D eigenvalue weighted by atomic mass is 9.96. The van der Waals surface area contributed by atoms with Gasteiger partial charge in [-0.2, -0.15) is 0 Å². The highest BCUT2D eigenvalue weighted by Crippen LogP contribution is 2.19. The summed E-state index contributed by atoms with van der Waals surface area (Å²) in [7, 11) is 0. The van der Waals surface area contributed by atoms with Crippen molar-refractivity contribution in [1.82, 2.24) is 5.32 Å². The van der Waals surface area contributed by atoms with Crippen LogP contribution in [0.25, 0.3) is 0 Å². The molecule has 1 N–H and O–H groups in total. The summed E-state index contributed by atoms with van der Waals surface area (Å²) >= 11 is 0. The summed E-state index contributed by atoms with van der Waals surface area (Å²) in [6.45, 7) is 8.05. The van der Waals surface area contributed by atoms with E-state index in [1.54, 1.807) is 6.08 Å². The van der Waals surface area contributed by atoms with E-state index in [0.29, 0.717) is 12.5 Å². The minimum Gasteiger partial charge on any atom is -0.383 e. The van der Waals surface area contributed by atoms with Crippen LogP contribution < -0.4 is 5.32 Å². The van der Waals surface area contributed by atoms with Crippen molar-refractivity contribution in [1.29, 1.82) is 0 Å². The van der Waals surface area contributed by atoms with Crippen LogP contribution in [0.1, 0.15) is 33.1 Å². The topological polar surface area (TPSA) is 29.1 Å². The molecule has 2 heteroatoms. The van der Waals surface area contributed by atoms with E-state index in [2.05, 4.69) is 25.7 Å². The molecule has 0 aliphatic heterocycles. The van der Waals surface area contributed by atoms with Gasteiger partial charge in [0, 0.05) is 18.2 Å². The van der Waals surface area contributed by atoms with Gasteiger partial charge in [-0.3, -0.25) is 4.79 Å². The molecule has 72 valence electrons. The van der Waals surface area contributed by atoms with E-state index in [1.165, 1.54) is 0 Å². The molecule has 0 atom stereocenters. The standard InChI is InChI=1S/C11H17NO/c1-8(2)12-9(3)10-5-4-6-11(13)7-10/h7-8,12H,3-6H2,1-2H3. The second kappa shape index (κ2) is 4.26. The van der Waals surface area contributed by atoms with Crippen LogP contribution in [0.5, 0.6) is 0 Å². The highest BCUT2D eigenvalue weighted by atomic mass is 16.1. The van der Waals surface area contributed by atoms with Gasteiger partial charge in [0.1, 0.15) is 0 Å². The number of allylic oxidation sites excluding steroid dienone is 2. The minimum absolute atomic E-state index is 0.230. The third kappa shape index (κ3) is 3.05. The van der Waals surface area contributed by atoms with Crippen LogP contribution in [0.4, 0.5) is 0 Å². The van der Waals surface area contributed by atoms with E-state index in [9.17, 15) is 4.79 Å². The zero-order valence-corrected chi connectivity index (χ0v) is 8.39. The molecule has 13 heavy (non-hydrogen) atoms. The van der Waals surface area contributed by atoms with E-state index in [0.717, 1.165) is 24.1 Å². The molecule has 0 spiro atoms. The molecule has 0 saturated heterocycles. The first kappa shape index (κ1) is 10.0. The Bertz CT molecular complexity index is 251. The molecule has 0 fully saturated rings. The Morgan fingerprint density at radius 2 is 2.23 bits per heavy atom. The Morgan fingerprint density at radius 3 is 2.77 bits per heavy atom. The molecule has 1 aliphatic rings. The molecule has 0 aromatic heterocycles. The summed E-state index contributed by atoms with van der Waals surface area (Å²) in [5.74, 6) is 0.230. The number of nitrogens with one attached hydrogen (secondary N) is 1. The van der Waals surface area contributed by atoms with Crippen molar-refractivity contribution >= 4 is 5.78 Å². The van der Waals surface area contributed by atoms with Gasteiger partial charge in [0.2, 0.25) is 0 Å². The van der Waals surface area contributed by atoms with Crippen molar-refractivity contribution in [3.63, 3.8) is 0 Å². The minimum atomic E-state index is 0.230. The number of hydrogen-bond acceptors (Lipinski definition) is 2. The van der Waals surface area contributed by atoms with Gasteiger partial charge in [-0.15, -0.1) is 0 Å². The number of carbonyl (C=O) groups excluding carboxylic acids is 1. The maximum absolute atomic E-state index is 11.1. The van der Waals surface area contributed by atoms with Crippen molar-refractivity contribution < 1.29 is 4.79 Å². The first-order valence-corrected chi connectivity index (χ1v) is 4.79. The van der Waals surface area contributed by atoms with Crippen LogP contribution in [-0.2, 0) is 4.79 Å². The molecule has 0 amide bonds. The zero-order valence-electron chi connectivity index (χ0n) is 8.39. The Hall–Kier alpha value is -1.05. The molecule has 2 nitrogen and oxygen atoms in total. The highest BCUT2D eigenvalue weighted by molar-refractivity contribution is 5.91. The third-order valence-electron chi connectivity index (χ3n) is 2.06. The normalized spacial score (nSPS) is 17.2. The van der Waals surface area contributed by atoms with Gasteiger partial charge < -0.3 is 5.32 Å². The Morgan fingerprint density at radius 1 is 1.54 bits per heavy atom. The molecule has 0 heterocycles. The molecule has 1 aliphatic carbocycles. The van der Waals surface area contributed by atoms with Crippen LogP contribution in [0.15, 0.2) is 23.9 Å². The lowest BCUT2D eigenvalue weighted by Gasteiger charge is -2.18. The first-order valence-electron chi connectivity index (χ1n) is 4.79. The number of rotatable bonds is 3. The van der Waals surface area contributed by atoms with E-state index in [1.807, 2.05) is 0 Å². The van der Waals surface area contributed by atoms with Crippen molar-refractivity contribution in [2.24, 2.45) is 0 Å². The Kier molecular flexibility index (Phi) is 3.29. The lowest BCUT2D eigenvalue weighted by molar-refractivity contribution is -0.115. The van der Waals surface area contributed by atoms with Crippen LogP contribution in [0, 0.1) is 0 Å². The molecule has 0 aromatic rings. The van der Waals surface area contributed by atoms with E-state index < -0.39 is 0 Å². The van der Waals surface area contributed by atoms with Crippen LogP contribution in [0.3, 0.4) is 0 Å². The summed E-state index contributed by atoms with van der Waals surface area (Å²) in [6.07, 6.45) is 4.35. The van der Waals surface area contributed by atoms with Crippen LogP contribution >= 0.6 is 0 Å². The lowest BCUT2D eigenvalue weighted by Crippen LogP contribution is -2.23. The predicted octanol–water partition coefficient (Wildman–Crippen LogP) is 2.18. The maximum atomic E-state index is 11.1. The number of carbonyl (C=O) groups is 1. The summed E-state index contributed by atoms with van der Waals surface area (Å²) < 4.78 is 0. The van der Waals surface area contributed by atoms with E-state index in [4.69, 9.17) is 0 Å². The van der Waals surface area contributed by atoms with Crippen LogP contribution in [0.2, 0.25) is 0 Å². The Balaban J connectivity index is 2.60. The van der Waals surface area contributed by atoms with Crippen molar-refractivity contribution in [2.75, 3.05) is 0 Å². The average molecular weight is 179 g/mol. The molecule has 0 aromatic carbocycles. The van der Waals surface area contributed by atoms with Gasteiger partial charge in [0.05, 0.1) is 0 Å². The maximum Gasteiger partial charge on any atom is 0.156 e. The fourth-order valence-electron chi connectivity index (χ4n) is 1.47. The molecule has 0 bridgehead atoms. The smallest absolute Gasteiger partial charge is 0.156 e. The van der Waals surface area contributed by atoms with Crippen molar-refractivity contribution in [3.05, 3.63) is 23.9 Å². The molecule has 1 rings (SSSR count). The molecule has 0 radical (unpaired) electrons. The second-order valence-corrected chi connectivity index (χ2v) is 3.77. The number of hydrogen-bond donors (Lipinski definition) is 1. The molecule has 0 saturated carbocycles. The quantitative estimate of drug-likeness (QED) is 0.719. The molecular weight excluding hydrogens is 162 g/mol. The zero-order chi connectivity index (χ0) is 9.84. The Labute approximate surface area is 79.7 Å². The van der Waals surface area contributed by atoms with Crippen LogP contribution in [-0.4, -0.2) is 11.8 Å². The fraction of sp³-hybridized carbons (Fsp3) is 0.545. The third-order valence-corrected chi connectivity index (χ3v) is 2.06. The van der Waals surface area contributed by atoms with Gasteiger partial charge >= 0.3 is 0 Å². The predicted molar refractivity (Wildman–Crippen MR) is 54.4 cm³/mol. The summed E-state index contributed by atoms with van der Waals surface area (Å²) in [5, 5.41) is 3.22. The number of ketones is 1. The molecule has 0 unspecified atom stereocenters. The van der Waals surface area contributed by atoms with Gasteiger partial charge in [-0.05, 0) is 38.3 Å². The highest BCUT2D eigenvalue weighted by Gasteiger charge is 2.12. The van der Waals surface area contributed by atoms with Crippen molar-refractivity contribution in [2.45, 2.75) is 39.2 Å². The van der Waals surface area contributed by atoms with Gasteiger partial charge in [0.15, 0.2) is 5.78 Å². The monoisotopic (exact) mass is 179 g/mol. The first-order chi connectivity index (χ1) is 6.09.